The van der Waals surface area contributed by atoms with Crippen molar-refractivity contribution in [3.63, 3.8) is 0 Å². The van der Waals surface area contributed by atoms with E-state index in [9.17, 15) is 4.79 Å². The number of hydrogen-bond acceptors (Lipinski definition) is 2. The second-order valence-electron chi connectivity index (χ2n) is 3.39. The number of nitrogens with zero attached hydrogens (tertiary/aromatic N) is 1. The number of nitrogens with one attached hydrogen (secondary N) is 1. The van der Waals surface area contributed by atoms with Gasteiger partial charge in [0, 0.05) is 7.05 Å². The maximum Gasteiger partial charge on any atom is 0.274 e. The third-order valence-corrected chi connectivity index (χ3v) is 2.34. The first-order chi connectivity index (χ1) is 6.72. The van der Waals surface area contributed by atoms with Gasteiger partial charge in [-0.2, -0.15) is 0 Å². The van der Waals surface area contributed by atoms with Gasteiger partial charge in [-0.3, -0.25) is 14.6 Å². The highest BCUT2D eigenvalue weighted by atomic mass is 16.1. The van der Waals surface area contributed by atoms with Gasteiger partial charge < -0.3 is 5.73 Å². The zero-order valence-corrected chi connectivity index (χ0v) is 8.08. The van der Waals surface area contributed by atoms with Crippen LogP contribution in [0.4, 0.5) is 0 Å². The molecule has 0 amide bonds. The molecule has 4 heteroatoms. The van der Waals surface area contributed by atoms with E-state index in [1.807, 2.05) is 18.2 Å². The van der Waals surface area contributed by atoms with Crippen LogP contribution in [0.2, 0.25) is 0 Å². The molecule has 2 aromatic rings. The first-order valence-corrected chi connectivity index (χ1v) is 4.60. The molecule has 2 rings (SSSR count). The largest absolute Gasteiger partial charge is 0.330 e. The van der Waals surface area contributed by atoms with Crippen LogP contribution in [-0.2, 0) is 13.5 Å². The molecular weight excluding hydrogens is 178 g/mol. The van der Waals surface area contributed by atoms with E-state index in [2.05, 4.69) is 5.10 Å². The summed E-state index contributed by atoms with van der Waals surface area (Å²) in [5.74, 6) is 0. The highest BCUT2D eigenvalue weighted by Gasteiger charge is 2.03. The maximum absolute atomic E-state index is 11.5. The first-order valence-electron chi connectivity index (χ1n) is 4.60. The third kappa shape index (κ3) is 1.33. The van der Waals surface area contributed by atoms with Crippen molar-refractivity contribution in [1.82, 2.24) is 9.78 Å². The Morgan fingerprint density at radius 2 is 2.29 bits per heavy atom. The molecule has 14 heavy (non-hydrogen) atoms. The Bertz CT molecular complexity index is 510. The lowest BCUT2D eigenvalue weighted by Gasteiger charge is -1.96. The number of H-pyrrole nitrogens is 1. The van der Waals surface area contributed by atoms with E-state index < -0.39 is 0 Å². The summed E-state index contributed by atoms with van der Waals surface area (Å²) in [4.78, 5) is 11.5. The van der Waals surface area contributed by atoms with Crippen LogP contribution >= 0.6 is 0 Å². The van der Waals surface area contributed by atoms with Gasteiger partial charge in [-0.15, -0.1) is 0 Å². The fourth-order valence-corrected chi connectivity index (χ4v) is 1.60. The predicted molar refractivity (Wildman–Crippen MR) is 56.3 cm³/mol. The van der Waals surface area contributed by atoms with E-state index >= 15 is 0 Å². The molecule has 1 heterocycles. The number of benzene rings is 1. The van der Waals surface area contributed by atoms with Gasteiger partial charge in [0.2, 0.25) is 0 Å². The molecule has 0 fully saturated rings. The van der Waals surface area contributed by atoms with Crippen LogP contribution in [0.1, 0.15) is 5.56 Å². The maximum atomic E-state index is 11.5. The van der Waals surface area contributed by atoms with Gasteiger partial charge in [0.15, 0.2) is 0 Å². The van der Waals surface area contributed by atoms with Crippen LogP contribution < -0.4 is 11.3 Å². The Hall–Kier alpha value is -1.55. The number of nitrogens with two attached hydrogens (primary N) is 1. The molecule has 0 unspecified atom stereocenters. The fraction of sp³-hybridized carbons (Fsp3) is 0.300. The molecule has 0 spiro atoms. The Kier molecular flexibility index (Phi) is 2.13. The summed E-state index contributed by atoms with van der Waals surface area (Å²) in [7, 11) is 1.71. The molecule has 0 radical (unpaired) electrons. The summed E-state index contributed by atoms with van der Waals surface area (Å²) in [6.07, 6.45) is 0.840. The Morgan fingerprint density at radius 1 is 1.50 bits per heavy atom. The SMILES string of the molecule is Cn1[nH]c2cc(CCN)ccc2c1=O. The minimum Gasteiger partial charge on any atom is -0.330 e. The van der Waals surface area contributed by atoms with Crippen molar-refractivity contribution < 1.29 is 0 Å². The van der Waals surface area contributed by atoms with E-state index in [-0.39, 0.29) is 5.56 Å². The Morgan fingerprint density at radius 3 is 3.00 bits per heavy atom. The molecule has 1 aromatic heterocycles. The van der Waals surface area contributed by atoms with Gasteiger partial charge in [-0.05, 0) is 30.7 Å². The Balaban J connectivity index is 2.61. The molecule has 0 aliphatic carbocycles. The minimum atomic E-state index is 0.0132. The van der Waals surface area contributed by atoms with Crippen molar-refractivity contribution in [2.45, 2.75) is 6.42 Å². The summed E-state index contributed by atoms with van der Waals surface area (Å²) < 4.78 is 1.48. The van der Waals surface area contributed by atoms with Crippen LogP contribution in [-0.4, -0.2) is 16.3 Å². The van der Waals surface area contributed by atoms with Gasteiger partial charge in [0.1, 0.15) is 0 Å². The fourth-order valence-electron chi connectivity index (χ4n) is 1.60. The molecule has 4 nitrogen and oxygen atoms in total. The van der Waals surface area contributed by atoms with E-state index in [1.54, 1.807) is 7.05 Å². The summed E-state index contributed by atoms with van der Waals surface area (Å²) in [5, 5.41) is 3.72. The van der Waals surface area contributed by atoms with Gasteiger partial charge in [-0.1, -0.05) is 6.07 Å². The highest BCUT2D eigenvalue weighted by Crippen LogP contribution is 2.10. The smallest absolute Gasteiger partial charge is 0.274 e. The number of rotatable bonds is 2. The van der Waals surface area contributed by atoms with Gasteiger partial charge in [0.05, 0.1) is 10.9 Å². The van der Waals surface area contributed by atoms with Crippen molar-refractivity contribution in [3.8, 4) is 0 Å². The molecule has 0 atom stereocenters. The molecule has 3 N–H and O–H groups in total. The van der Waals surface area contributed by atoms with E-state index in [0.29, 0.717) is 6.54 Å². The summed E-state index contributed by atoms with van der Waals surface area (Å²) >= 11 is 0. The van der Waals surface area contributed by atoms with E-state index in [4.69, 9.17) is 5.73 Å². The lowest BCUT2D eigenvalue weighted by Crippen LogP contribution is -2.11. The van der Waals surface area contributed by atoms with E-state index in [0.717, 1.165) is 22.9 Å². The highest BCUT2D eigenvalue weighted by molar-refractivity contribution is 5.78. The first kappa shape index (κ1) is 9.02. The van der Waals surface area contributed by atoms with Crippen LogP contribution in [0.25, 0.3) is 10.9 Å². The predicted octanol–water partition coefficient (Wildman–Crippen LogP) is 0.368. The number of aromatic nitrogens is 2. The molecular formula is C10H13N3O. The zero-order chi connectivity index (χ0) is 10.1. The zero-order valence-electron chi connectivity index (χ0n) is 8.08. The lowest BCUT2D eigenvalue weighted by atomic mass is 10.1. The van der Waals surface area contributed by atoms with Crippen LogP contribution in [0.15, 0.2) is 23.0 Å². The Labute approximate surface area is 81.3 Å². The molecule has 74 valence electrons. The molecule has 0 bridgehead atoms. The topological polar surface area (TPSA) is 63.8 Å². The summed E-state index contributed by atoms with van der Waals surface area (Å²) in [6.45, 7) is 0.628. The molecule has 0 saturated carbocycles. The monoisotopic (exact) mass is 191 g/mol. The molecule has 0 aliphatic heterocycles. The van der Waals surface area contributed by atoms with Crippen molar-refractivity contribution >= 4 is 10.9 Å². The number of fused-ring (bicyclic) bond motifs is 1. The average molecular weight is 191 g/mol. The number of aromatic amines is 1. The third-order valence-electron chi connectivity index (χ3n) is 2.34. The standard InChI is InChI=1S/C10H13N3O/c1-13-10(14)8-3-2-7(4-5-11)6-9(8)12-13/h2-3,6,12H,4-5,11H2,1H3. The second-order valence-corrected chi connectivity index (χ2v) is 3.39. The second kappa shape index (κ2) is 3.31. The quantitative estimate of drug-likeness (QED) is 0.720. The van der Waals surface area contributed by atoms with Crippen molar-refractivity contribution in [1.29, 1.82) is 0 Å². The van der Waals surface area contributed by atoms with Crippen LogP contribution in [0.3, 0.4) is 0 Å². The number of aryl methyl sites for hydroxylation is 1. The van der Waals surface area contributed by atoms with E-state index in [1.165, 1.54) is 4.68 Å². The molecule has 0 saturated heterocycles. The normalized spacial score (nSPS) is 11.0. The summed E-state index contributed by atoms with van der Waals surface area (Å²) in [6, 6.07) is 5.77. The minimum absolute atomic E-state index is 0.0132. The van der Waals surface area contributed by atoms with Crippen molar-refractivity contribution in [3.05, 3.63) is 34.1 Å². The van der Waals surface area contributed by atoms with Gasteiger partial charge in [-0.25, -0.2) is 0 Å². The van der Waals surface area contributed by atoms with Crippen LogP contribution in [0.5, 0.6) is 0 Å². The summed E-state index contributed by atoms with van der Waals surface area (Å²) in [5.41, 5.74) is 7.51. The molecule has 1 aromatic carbocycles. The lowest BCUT2D eigenvalue weighted by molar-refractivity contribution is 0.751. The van der Waals surface area contributed by atoms with Gasteiger partial charge in [0.25, 0.3) is 5.56 Å². The van der Waals surface area contributed by atoms with Crippen molar-refractivity contribution in [2.75, 3.05) is 6.54 Å². The van der Waals surface area contributed by atoms with Crippen molar-refractivity contribution in [2.24, 2.45) is 12.8 Å². The number of hydrogen-bond donors (Lipinski definition) is 2. The van der Waals surface area contributed by atoms with Gasteiger partial charge >= 0.3 is 0 Å². The average Bonchev–Trinajstić information content (AvgIpc) is 2.43. The van der Waals surface area contributed by atoms with Crippen LogP contribution in [0, 0.1) is 0 Å². The molecule has 0 aliphatic rings.